The van der Waals surface area contributed by atoms with Crippen LogP contribution in [0.25, 0.3) is 0 Å². The molecule has 0 aliphatic heterocycles. The van der Waals surface area contributed by atoms with Crippen LogP contribution in [-0.4, -0.2) is 41.0 Å². The first kappa shape index (κ1) is 16.7. The number of nitro groups is 1. The number of aliphatic hydroxyl groups excluding tert-OH is 2. The molecule has 0 aliphatic rings. The number of thiophene rings is 1. The second kappa shape index (κ2) is 6.37. The molecule has 1 rings (SSSR count). The van der Waals surface area contributed by atoms with Gasteiger partial charge in [-0.3, -0.25) is 10.1 Å². The van der Waals surface area contributed by atoms with Crippen LogP contribution >= 0.6 is 11.3 Å². The van der Waals surface area contributed by atoms with E-state index in [9.17, 15) is 28.4 Å². The van der Waals surface area contributed by atoms with Crippen molar-refractivity contribution in [3.8, 4) is 0 Å². The minimum absolute atomic E-state index is 0.191. The molecule has 0 amide bonds. The largest absolute Gasteiger partial charge is 0.405 e. The third-order valence-electron chi connectivity index (χ3n) is 2.35. The van der Waals surface area contributed by atoms with E-state index in [0.29, 0.717) is 16.2 Å². The van der Waals surface area contributed by atoms with Crippen LogP contribution in [0, 0.1) is 10.1 Å². The topological polar surface area (TPSA) is 86.8 Å². The molecule has 0 aliphatic carbocycles. The van der Waals surface area contributed by atoms with Crippen LogP contribution in [0.2, 0.25) is 0 Å². The van der Waals surface area contributed by atoms with E-state index in [1.54, 1.807) is 0 Å². The summed E-state index contributed by atoms with van der Waals surface area (Å²) in [5, 5.41) is 28.9. The number of nitrogens with zero attached hydrogens (tertiary/aromatic N) is 2. The third kappa shape index (κ3) is 4.32. The van der Waals surface area contributed by atoms with Crippen molar-refractivity contribution < 1.29 is 28.3 Å². The molecule has 0 radical (unpaired) electrons. The van der Waals surface area contributed by atoms with Gasteiger partial charge in [-0.2, -0.15) is 13.2 Å². The highest BCUT2D eigenvalue weighted by atomic mass is 32.1. The van der Waals surface area contributed by atoms with E-state index in [-0.39, 0.29) is 16.4 Å². The van der Waals surface area contributed by atoms with E-state index < -0.39 is 36.0 Å². The van der Waals surface area contributed by atoms with Crippen molar-refractivity contribution in [3.05, 3.63) is 21.1 Å². The quantitative estimate of drug-likeness (QED) is 0.620. The fourth-order valence-electron chi connectivity index (χ4n) is 1.54. The first-order chi connectivity index (χ1) is 9.15. The molecule has 1 atom stereocenters. The maximum absolute atomic E-state index is 12.5. The molecular formula is C10H13F3N2O4S. The Balaban J connectivity index is 3.20. The molecule has 0 spiro atoms. The molecule has 1 heterocycles. The van der Waals surface area contributed by atoms with E-state index in [2.05, 4.69) is 0 Å². The molecule has 10 heteroatoms. The second-order valence-electron chi connectivity index (χ2n) is 4.03. The predicted molar refractivity (Wildman–Crippen MR) is 67.0 cm³/mol. The highest BCUT2D eigenvalue weighted by Gasteiger charge is 2.34. The molecule has 0 saturated carbocycles. The molecule has 0 bridgehead atoms. The van der Waals surface area contributed by atoms with Gasteiger partial charge in [0.2, 0.25) is 0 Å². The number of hydrogen-bond acceptors (Lipinski definition) is 6. The van der Waals surface area contributed by atoms with Crippen molar-refractivity contribution in [1.29, 1.82) is 0 Å². The Morgan fingerprint density at radius 2 is 2.15 bits per heavy atom. The van der Waals surface area contributed by atoms with Gasteiger partial charge in [-0.05, 0) is 6.92 Å². The number of hydrogen-bond donors (Lipinski definition) is 2. The lowest BCUT2D eigenvalue weighted by Gasteiger charge is -2.22. The first-order valence-electron chi connectivity index (χ1n) is 5.54. The fraction of sp³-hybridized carbons (Fsp3) is 0.600. The summed E-state index contributed by atoms with van der Waals surface area (Å²) in [6.07, 6.45) is -5.58. The second-order valence-corrected chi connectivity index (χ2v) is 5.09. The van der Waals surface area contributed by atoms with Crippen LogP contribution in [0.3, 0.4) is 0 Å². The van der Waals surface area contributed by atoms with Crippen molar-refractivity contribution >= 4 is 22.0 Å². The van der Waals surface area contributed by atoms with Crippen molar-refractivity contribution in [3.63, 3.8) is 0 Å². The zero-order valence-corrected chi connectivity index (χ0v) is 11.2. The molecule has 1 aromatic heterocycles. The summed E-state index contributed by atoms with van der Waals surface area (Å²) in [7, 11) is 0. The van der Waals surface area contributed by atoms with Gasteiger partial charge in [-0.15, -0.1) is 11.3 Å². The Hall–Kier alpha value is -1.39. The van der Waals surface area contributed by atoms with Crippen LogP contribution in [0.15, 0.2) is 6.07 Å². The van der Waals surface area contributed by atoms with Gasteiger partial charge in [0.1, 0.15) is 6.54 Å². The fourth-order valence-corrected chi connectivity index (χ4v) is 2.63. The van der Waals surface area contributed by atoms with Gasteiger partial charge >= 0.3 is 11.9 Å². The monoisotopic (exact) mass is 314 g/mol. The summed E-state index contributed by atoms with van der Waals surface area (Å²) in [4.78, 5) is 11.0. The Morgan fingerprint density at radius 3 is 2.55 bits per heavy atom. The van der Waals surface area contributed by atoms with Crippen LogP contribution in [0.1, 0.15) is 17.9 Å². The van der Waals surface area contributed by atoms with Gasteiger partial charge in [0.05, 0.1) is 17.6 Å². The Morgan fingerprint density at radius 1 is 1.55 bits per heavy atom. The van der Waals surface area contributed by atoms with Gasteiger partial charge in [0.15, 0.2) is 5.00 Å². The highest BCUT2D eigenvalue weighted by molar-refractivity contribution is 7.16. The minimum Gasteiger partial charge on any atom is -0.395 e. The van der Waals surface area contributed by atoms with Gasteiger partial charge < -0.3 is 15.1 Å². The zero-order valence-electron chi connectivity index (χ0n) is 10.4. The SMILES string of the molecule is C[C@@H](O)c1cc([N+](=O)[O-])c(N(CCO)CC(F)(F)F)s1. The molecular weight excluding hydrogens is 301 g/mol. The number of rotatable bonds is 6. The lowest BCUT2D eigenvalue weighted by atomic mass is 10.3. The summed E-state index contributed by atoms with van der Waals surface area (Å²) in [6, 6.07) is 1.05. The minimum atomic E-state index is -4.56. The van der Waals surface area contributed by atoms with Crippen molar-refractivity contribution in [2.24, 2.45) is 0 Å². The maximum Gasteiger partial charge on any atom is 0.405 e. The average Bonchev–Trinajstić information content (AvgIpc) is 2.71. The number of alkyl halides is 3. The third-order valence-corrected chi connectivity index (χ3v) is 3.70. The molecule has 114 valence electrons. The molecule has 1 aromatic rings. The van der Waals surface area contributed by atoms with Crippen LogP contribution in [-0.2, 0) is 0 Å². The van der Waals surface area contributed by atoms with E-state index in [4.69, 9.17) is 5.11 Å². The average molecular weight is 314 g/mol. The molecule has 0 fully saturated rings. The highest BCUT2D eigenvalue weighted by Crippen LogP contribution is 2.40. The van der Waals surface area contributed by atoms with Crippen molar-refractivity contribution in [2.45, 2.75) is 19.2 Å². The predicted octanol–water partition coefficient (Wildman–Crippen LogP) is 2.07. The van der Waals surface area contributed by atoms with E-state index >= 15 is 0 Å². The lowest BCUT2D eigenvalue weighted by Crippen LogP contribution is -2.36. The summed E-state index contributed by atoms with van der Waals surface area (Å²) >= 11 is 0.708. The molecule has 6 nitrogen and oxygen atoms in total. The van der Waals surface area contributed by atoms with Crippen LogP contribution in [0.4, 0.5) is 23.9 Å². The smallest absolute Gasteiger partial charge is 0.395 e. The summed E-state index contributed by atoms with van der Waals surface area (Å²) in [6.45, 7) is -1.01. The Bertz CT molecular complexity index is 476. The van der Waals surface area contributed by atoms with Gasteiger partial charge in [-0.25, -0.2) is 0 Å². The maximum atomic E-state index is 12.5. The summed E-state index contributed by atoms with van der Waals surface area (Å²) < 4.78 is 37.4. The van der Waals surface area contributed by atoms with Crippen LogP contribution in [0.5, 0.6) is 0 Å². The Kier molecular flexibility index (Phi) is 5.31. The first-order valence-corrected chi connectivity index (χ1v) is 6.36. The summed E-state index contributed by atoms with van der Waals surface area (Å²) in [5.41, 5.74) is -0.511. The molecule has 0 saturated heterocycles. The van der Waals surface area contributed by atoms with Gasteiger partial charge in [0.25, 0.3) is 0 Å². The normalized spacial score (nSPS) is 13.3. The van der Waals surface area contributed by atoms with Crippen LogP contribution < -0.4 is 4.90 Å². The number of aliphatic hydroxyl groups is 2. The van der Waals surface area contributed by atoms with Gasteiger partial charge in [-0.1, -0.05) is 0 Å². The standard InChI is InChI=1S/C10H13F3N2O4S/c1-6(17)8-4-7(15(18)19)9(20-8)14(2-3-16)5-10(11,12)13/h4,6,16-17H,2-3,5H2,1H3/t6-/m1/s1. The number of anilines is 1. The van der Waals surface area contributed by atoms with E-state index in [1.165, 1.54) is 6.92 Å². The number of halogens is 3. The summed E-state index contributed by atoms with van der Waals surface area (Å²) in [5.74, 6) is 0. The molecule has 0 unspecified atom stereocenters. The Labute approximate surface area is 116 Å². The molecule has 0 aromatic carbocycles. The molecule has 20 heavy (non-hydrogen) atoms. The van der Waals surface area contributed by atoms with Crippen molar-refractivity contribution in [2.75, 3.05) is 24.6 Å². The van der Waals surface area contributed by atoms with Gasteiger partial charge in [0, 0.05) is 17.5 Å². The van der Waals surface area contributed by atoms with Crippen molar-refractivity contribution in [1.82, 2.24) is 0 Å². The van der Waals surface area contributed by atoms with E-state index in [1.807, 2.05) is 0 Å². The lowest BCUT2D eigenvalue weighted by molar-refractivity contribution is -0.383. The van der Waals surface area contributed by atoms with E-state index in [0.717, 1.165) is 6.07 Å². The zero-order chi connectivity index (χ0) is 15.5. The molecule has 2 N–H and O–H groups in total.